The number of cyclic esters (lactones) is 1. The molecule has 1 aliphatic carbocycles. The monoisotopic (exact) mass is 687 g/mol. The van der Waals surface area contributed by atoms with Crippen LogP contribution in [-0.4, -0.2) is 47.6 Å². The van der Waals surface area contributed by atoms with Crippen molar-refractivity contribution in [1.29, 1.82) is 5.26 Å². The number of nitrogens with zero attached hydrogens (tertiary/aromatic N) is 4. The lowest BCUT2D eigenvalue weighted by Crippen LogP contribution is -2.60. The summed E-state index contributed by atoms with van der Waals surface area (Å²) in [6.45, 7) is 3.73. The number of benzene rings is 1. The third-order valence-corrected chi connectivity index (χ3v) is 8.20. The molecule has 1 aliphatic heterocycles. The summed E-state index contributed by atoms with van der Waals surface area (Å²) in [5.41, 5.74) is 1.26. The zero-order valence-electron chi connectivity index (χ0n) is 22.8. The van der Waals surface area contributed by atoms with Gasteiger partial charge in [-0.2, -0.15) is 5.26 Å². The number of nitrogens with one attached hydrogen (secondary N) is 1. The number of ether oxygens (including phenoxy) is 1. The Hall–Kier alpha value is -3.43. The summed E-state index contributed by atoms with van der Waals surface area (Å²) in [5, 5.41) is 12.9. The number of carbonyl (C=O) groups is 3. The molecule has 4 rings (SSSR count). The third kappa shape index (κ3) is 7.08. The highest BCUT2D eigenvalue weighted by Crippen LogP contribution is 2.31. The van der Waals surface area contributed by atoms with Gasteiger partial charge in [-0.1, -0.05) is 30.7 Å². The van der Waals surface area contributed by atoms with E-state index in [-0.39, 0.29) is 36.4 Å². The molecular formula is C30H31ClIN5O4. The predicted octanol–water partition coefficient (Wildman–Crippen LogP) is 5.82. The lowest BCUT2D eigenvalue weighted by Gasteiger charge is -2.40. The van der Waals surface area contributed by atoms with E-state index >= 15 is 0 Å². The molecule has 214 valence electrons. The average Bonchev–Trinajstić information content (AvgIpc) is 2.95. The van der Waals surface area contributed by atoms with Crippen LogP contribution in [0.5, 0.6) is 0 Å². The first-order chi connectivity index (χ1) is 19.7. The van der Waals surface area contributed by atoms with Gasteiger partial charge in [0, 0.05) is 32.9 Å². The minimum atomic E-state index is -1.09. The molecule has 1 saturated heterocycles. The van der Waals surface area contributed by atoms with E-state index in [1.807, 2.05) is 31.2 Å². The summed E-state index contributed by atoms with van der Waals surface area (Å²) in [6.07, 6.45) is 7.93. The van der Waals surface area contributed by atoms with Gasteiger partial charge in [0.1, 0.15) is 17.9 Å². The summed E-state index contributed by atoms with van der Waals surface area (Å²) in [5.74, 6) is -0.733. The van der Waals surface area contributed by atoms with Crippen LogP contribution in [0.2, 0.25) is 0 Å². The fourth-order valence-corrected chi connectivity index (χ4v) is 5.42. The molecule has 1 unspecified atom stereocenters. The molecular weight excluding hydrogens is 657 g/mol. The minimum absolute atomic E-state index is 0.0115. The number of hydrogen-bond acceptors (Lipinski definition) is 6. The number of aromatic nitrogens is 1. The molecule has 9 nitrogen and oxygen atoms in total. The summed E-state index contributed by atoms with van der Waals surface area (Å²) in [6, 6.07) is 10.1. The molecule has 1 aromatic carbocycles. The van der Waals surface area contributed by atoms with Gasteiger partial charge in [-0.3, -0.25) is 14.5 Å². The van der Waals surface area contributed by atoms with Crippen LogP contribution in [0.25, 0.3) is 0 Å². The van der Waals surface area contributed by atoms with Crippen molar-refractivity contribution < 1.29 is 19.1 Å². The second kappa shape index (κ2) is 14.0. The van der Waals surface area contributed by atoms with Gasteiger partial charge in [-0.15, -0.1) is 0 Å². The van der Waals surface area contributed by atoms with Crippen molar-refractivity contribution in [2.45, 2.75) is 64.1 Å². The molecule has 1 N–H and O–H groups in total. The van der Waals surface area contributed by atoms with Crippen LogP contribution in [0.3, 0.4) is 0 Å². The normalized spacial score (nSPS) is 18.6. The lowest BCUT2D eigenvalue weighted by molar-refractivity contribution is -0.127. The van der Waals surface area contributed by atoms with E-state index in [2.05, 4.69) is 32.9 Å². The second-order valence-electron chi connectivity index (χ2n) is 9.87. The average molecular weight is 688 g/mol. The molecule has 0 spiro atoms. The van der Waals surface area contributed by atoms with Crippen LogP contribution in [0.1, 0.15) is 51.5 Å². The van der Waals surface area contributed by atoms with E-state index in [0.717, 1.165) is 34.2 Å². The molecule has 11 heteroatoms. The summed E-state index contributed by atoms with van der Waals surface area (Å²) < 4.78 is 6.15. The molecule has 2 atom stereocenters. The summed E-state index contributed by atoms with van der Waals surface area (Å²) in [4.78, 5) is 48.6. The highest BCUT2D eigenvalue weighted by Gasteiger charge is 2.44. The molecule has 2 aromatic rings. The van der Waals surface area contributed by atoms with E-state index in [1.165, 1.54) is 23.2 Å². The molecule has 2 heterocycles. The number of amides is 3. The molecule has 0 radical (unpaired) electrons. The maximum atomic E-state index is 14.7. The van der Waals surface area contributed by atoms with Gasteiger partial charge in [0.2, 0.25) is 5.91 Å². The Labute approximate surface area is 258 Å². The van der Waals surface area contributed by atoms with Gasteiger partial charge in [0.05, 0.1) is 18.2 Å². The van der Waals surface area contributed by atoms with Crippen LogP contribution in [0.4, 0.5) is 16.3 Å². The first-order valence-electron chi connectivity index (χ1n) is 13.5. The smallest absolute Gasteiger partial charge is 0.416 e. The predicted molar refractivity (Wildman–Crippen MR) is 165 cm³/mol. The van der Waals surface area contributed by atoms with Crippen molar-refractivity contribution in [3.8, 4) is 6.07 Å². The standard InChI is InChI=1S/C30H31ClIN5O4/c1-3-4-11-24(31)19(2)27(28(38)35-22-8-6-9-22)36(23-10-5-7-21(32)17-23)29(39)25-13-15-41-30(40)37(25)26-16-20(18-33)12-14-34-26/h4-5,7,10-12,14,16-17,22,25,27H,3,6,8-9,13,15H2,1-2H3,(H,35,38)/b11-4-,24-19-/t25-,27?/m0/s1. The highest BCUT2D eigenvalue weighted by atomic mass is 127. The highest BCUT2D eigenvalue weighted by molar-refractivity contribution is 14.1. The Morgan fingerprint density at radius 1 is 1.32 bits per heavy atom. The lowest BCUT2D eigenvalue weighted by atomic mass is 9.92. The zero-order chi connectivity index (χ0) is 29.5. The number of anilines is 2. The van der Waals surface area contributed by atoms with Crippen molar-refractivity contribution >= 4 is 63.6 Å². The van der Waals surface area contributed by atoms with Crippen molar-refractivity contribution in [3.05, 3.63) is 74.5 Å². The second-order valence-corrected chi connectivity index (χ2v) is 11.5. The quantitative estimate of drug-likeness (QED) is 0.262. The van der Waals surface area contributed by atoms with Gasteiger partial charge in [0.25, 0.3) is 5.91 Å². The van der Waals surface area contributed by atoms with Crippen LogP contribution in [0.15, 0.2) is 65.4 Å². The van der Waals surface area contributed by atoms with Gasteiger partial charge in [-0.25, -0.2) is 14.7 Å². The van der Waals surface area contributed by atoms with Gasteiger partial charge < -0.3 is 10.1 Å². The SMILES string of the molecule is CC/C=C\C(Cl)=C(/C)C(C(=O)NC1CCC1)N(C(=O)[C@@H]1CCOC(=O)N1c1cc(C#N)ccn1)c1cccc(I)c1. The Balaban J connectivity index is 1.86. The van der Waals surface area contributed by atoms with E-state index in [9.17, 15) is 19.6 Å². The topological polar surface area (TPSA) is 116 Å². The minimum Gasteiger partial charge on any atom is -0.449 e. The van der Waals surface area contributed by atoms with Gasteiger partial charge >= 0.3 is 6.09 Å². The van der Waals surface area contributed by atoms with Crippen molar-refractivity contribution in [1.82, 2.24) is 10.3 Å². The number of halogens is 2. The largest absolute Gasteiger partial charge is 0.449 e. The fraction of sp³-hybridized carbons (Fsp3) is 0.367. The van der Waals surface area contributed by atoms with E-state index < -0.39 is 24.1 Å². The molecule has 2 aliphatic rings. The van der Waals surface area contributed by atoms with Crippen molar-refractivity contribution in [3.63, 3.8) is 0 Å². The first-order valence-corrected chi connectivity index (χ1v) is 14.9. The third-order valence-electron chi connectivity index (χ3n) is 7.10. The number of allylic oxidation sites excluding steroid dienone is 3. The first kappa shape index (κ1) is 30.5. The fourth-order valence-electron chi connectivity index (χ4n) is 4.70. The number of hydrogen-bond donors (Lipinski definition) is 1. The molecule has 0 bridgehead atoms. The van der Waals surface area contributed by atoms with Crippen LogP contribution in [-0.2, 0) is 14.3 Å². The van der Waals surface area contributed by atoms with Crippen LogP contribution >= 0.6 is 34.2 Å². The molecule has 3 amide bonds. The Morgan fingerprint density at radius 2 is 2.10 bits per heavy atom. The number of rotatable bonds is 9. The maximum absolute atomic E-state index is 14.7. The molecule has 1 aromatic heterocycles. The maximum Gasteiger partial charge on any atom is 0.416 e. The van der Waals surface area contributed by atoms with E-state index in [0.29, 0.717) is 16.3 Å². The van der Waals surface area contributed by atoms with E-state index in [4.69, 9.17) is 16.3 Å². The molecule has 41 heavy (non-hydrogen) atoms. The van der Waals surface area contributed by atoms with Crippen LogP contribution in [0, 0.1) is 14.9 Å². The Bertz CT molecular complexity index is 1420. The number of nitriles is 1. The van der Waals surface area contributed by atoms with Gasteiger partial charge in [0.15, 0.2) is 0 Å². The van der Waals surface area contributed by atoms with Crippen molar-refractivity contribution in [2.24, 2.45) is 0 Å². The van der Waals surface area contributed by atoms with Crippen LogP contribution < -0.4 is 15.1 Å². The number of pyridine rings is 1. The molecule has 1 saturated carbocycles. The van der Waals surface area contributed by atoms with Gasteiger partial charge in [-0.05, 0) is 97.2 Å². The Kier molecular flexibility index (Phi) is 10.4. The zero-order valence-corrected chi connectivity index (χ0v) is 25.8. The number of carbonyl (C=O) groups excluding carboxylic acids is 3. The summed E-state index contributed by atoms with van der Waals surface area (Å²) in [7, 11) is 0. The van der Waals surface area contributed by atoms with Crippen molar-refractivity contribution in [2.75, 3.05) is 16.4 Å². The summed E-state index contributed by atoms with van der Waals surface area (Å²) >= 11 is 8.87. The molecule has 2 fully saturated rings. The van der Waals surface area contributed by atoms with E-state index in [1.54, 1.807) is 25.1 Å². The Morgan fingerprint density at radius 3 is 2.76 bits per heavy atom.